The normalized spacial score (nSPS) is 12.0. The summed E-state index contributed by atoms with van der Waals surface area (Å²) in [6.45, 7) is 0. The third-order valence-corrected chi connectivity index (χ3v) is 7.15. The summed E-state index contributed by atoms with van der Waals surface area (Å²) in [6.07, 6.45) is 2.15. The number of aromatic amines is 1. The van der Waals surface area contributed by atoms with Crippen molar-refractivity contribution < 1.29 is 4.42 Å². The van der Waals surface area contributed by atoms with Crippen molar-refractivity contribution in [1.82, 2.24) is 9.38 Å². The van der Waals surface area contributed by atoms with Crippen molar-refractivity contribution >= 4 is 49.3 Å². The molecule has 0 aliphatic carbocycles. The number of hydrogen-bond acceptors (Lipinski definition) is 1. The Morgan fingerprint density at radius 3 is 2.23 bits per heavy atom. The largest absolute Gasteiger partial charge is 0.456 e. The van der Waals surface area contributed by atoms with Gasteiger partial charge in [-0.1, -0.05) is 66.7 Å². The van der Waals surface area contributed by atoms with Crippen molar-refractivity contribution in [2.45, 2.75) is 0 Å². The lowest BCUT2D eigenvalue weighted by Crippen LogP contribution is -1.88. The fourth-order valence-corrected chi connectivity index (χ4v) is 5.56. The van der Waals surface area contributed by atoms with Crippen LogP contribution in [0, 0.1) is 0 Å². The monoisotopic (exact) mass is 448 g/mol. The first-order chi connectivity index (χ1) is 17.3. The highest BCUT2D eigenvalue weighted by Crippen LogP contribution is 2.40. The molecule has 8 rings (SSSR count). The van der Waals surface area contributed by atoms with Crippen LogP contribution in [0.15, 0.2) is 120 Å². The van der Waals surface area contributed by atoms with Crippen LogP contribution in [0.2, 0.25) is 0 Å². The zero-order valence-electron chi connectivity index (χ0n) is 18.8. The summed E-state index contributed by atoms with van der Waals surface area (Å²) in [4.78, 5) is 3.70. The van der Waals surface area contributed by atoms with E-state index in [4.69, 9.17) is 4.42 Å². The van der Waals surface area contributed by atoms with Gasteiger partial charge in [0.05, 0.1) is 16.7 Å². The second kappa shape index (κ2) is 6.87. The van der Waals surface area contributed by atoms with Gasteiger partial charge in [-0.3, -0.25) is 0 Å². The van der Waals surface area contributed by atoms with Crippen molar-refractivity contribution in [2.24, 2.45) is 0 Å². The summed E-state index contributed by atoms with van der Waals surface area (Å²) >= 11 is 0. The molecule has 4 aromatic carbocycles. The summed E-state index contributed by atoms with van der Waals surface area (Å²) in [5.74, 6) is 0. The molecule has 0 unspecified atom stereocenters. The number of rotatable bonds is 2. The minimum absolute atomic E-state index is 0.921. The molecule has 0 bridgehead atoms. The van der Waals surface area contributed by atoms with Crippen LogP contribution in [0.5, 0.6) is 0 Å². The van der Waals surface area contributed by atoms with Crippen LogP contribution < -0.4 is 0 Å². The molecule has 8 aromatic rings. The molecule has 35 heavy (non-hydrogen) atoms. The molecule has 0 spiro atoms. The van der Waals surface area contributed by atoms with Crippen LogP contribution in [0.4, 0.5) is 0 Å². The van der Waals surface area contributed by atoms with E-state index in [1.165, 1.54) is 44.2 Å². The van der Waals surface area contributed by atoms with E-state index < -0.39 is 0 Å². The molecule has 0 radical (unpaired) electrons. The lowest BCUT2D eigenvalue weighted by atomic mass is 10.00. The van der Waals surface area contributed by atoms with E-state index in [-0.39, 0.29) is 0 Å². The number of furan rings is 1. The number of aromatic nitrogens is 2. The zero-order chi connectivity index (χ0) is 22.9. The quantitative estimate of drug-likeness (QED) is 0.282. The molecule has 0 aliphatic rings. The maximum Gasteiger partial charge on any atom is 0.135 e. The summed E-state index contributed by atoms with van der Waals surface area (Å²) in [6, 6.07) is 38.5. The maximum atomic E-state index is 6.05. The van der Waals surface area contributed by atoms with Gasteiger partial charge in [0.15, 0.2) is 0 Å². The molecule has 0 fully saturated rings. The summed E-state index contributed by atoms with van der Waals surface area (Å²) in [5.41, 5.74) is 10.2. The molecule has 164 valence electrons. The van der Waals surface area contributed by atoms with Gasteiger partial charge in [0.1, 0.15) is 11.2 Å². The van der Waals surface area contributed by atoms with Gasteiger partial charge in [0, 0.05) is 33.3 Å². The number of nitrogens with zero attached hydrogens (tertiary/aromatic N) is 1. The van der Waals surface area contributed by atoms with Crippen molar-refractivity contribution in [3.8, 4) is 22.4 Å². The Bertz CT molecular complexity index is 2050. The summed E-state index contributed by atoms with van der Waals surface area (Å²) < 4.78 is 8.35. The number of pyridine rings is 1. The number of fused-ring (bicyclic) bond motifs is 8. The van der Waals surface area contributed by atoms with E-state index in [9.17, 15) is 0 Å². The van der Waals surface area contributed by atoms with Crippen LogP contribution in [0.1, 0.15) is 0 Å². The van der Waals surface area contributed by atoms with E-state index in [0.29, 0.717) is 0 Å². The Hall–Kier alpha value is -4.76. The predicted octanol–water partition coefficient (Wildman–Crippen LogP) is 8.81. The molecule has 4 heterocycles. The molecule has 3 heteroatoms. The third kappa shape index (κ3) is 2.61. The fraction of sp³-hybridized carbons (Fsp3) is 0. The number of nitrogens with one attached hydrogen (secondary N) is 1. The molecule has 0 amide bonds. The van der Waals surface area contributed by atoms with Gasteiger partial charge in [0.2, 0.25) is 0 Å². The Labute approximate surface area is 200 Å². The van der Waals surface area contributed by atoms with Crippen LogP contribution in [-0.2, 0) is 0 Å². The Balaban J connectivity index is 1.42. The smallest absolute Gasteiger partial charge is 0.135 e. The van der Waals surface area contributed by atoms with Gasteiger partial charge in [-0.2, -0.15) is 0 Å². The molecule has 3 nitrogen and oxygen atoms in total. The Morgan fingerprint density at radius 2 is 1.31 bits per heavy atom. The van der Waals surface area contributed by atoms with E-state index in [0.717, 1.165) is 27.5 Å². The SMILES string of the molecule is c1ccc(-c2c3c4cc(-c5ccc6oc7ccccc7c6c5)ccc4[nH]c3c3ccccn23)cc1. The van der Waals surface area contributed by atoms with Crippen LogP contribution in [-0.4, -0.2) is 9.38 Å². The Kier molecular flexibility index (Phi) is 3.66. The number of hydrogen-bond donors (Lipinski definition) is 1. The standard InChI is InChI=1S/C32H20N2O/c1-2-8-20(9-3-1)32-30-25-19-21(13-15-26(25)33-31(30)27-11-6-7-17-34(27)32)22-14-16-29-24(18-22)23-10-4-5-12-28(23)35-29/h1-19,33H. The van der Waals surface area contributed by atoms with Crippen molar-refractivity contribution in [3.05, 3.63) is 115 Å². The molecular weight excluding hydrogens is 428 g/mol. The first kappa shape index (κ1) is 18.6. The first-order valence-electron chi connectivity index (χ1n) is 11.9. The number of para-hydroxylation sites is 1. The zero-order valence-corrected chi connectivity index (χ0v) is 18.8. The van der Waals surface area contributed by atoms with Crippen molar-refractivity contribution in [1.29, 1.82) is 0 Å². The van der Waals surface area contributed by atoms with E-state index in [1.54, 1.807) is 0 Å². The van der Waals surface area contributed by atoms with Gasteiger partial charge in [-0.15, -0.1) is 0 Å². The topological polar surface area (TPSA) is 33.3 Å². The molecule has 0 saturated carbocycles. The molecule has 0 atom stereocenters. The lowest BCUT2D eigenvalue weighted by Gasteiger charge is -2.06. The fourth-order valence-electron chi connectivity index (χ4n) is 5.56. The predicted molar refractivity (Wildman–Crippen MR) is 145 cm³/mol. The van der Waals surface area contributed by atoms with Gasteiger partial charge >= 0.3 is 0 Å². The molecule has 1 N–H and O–H groups in total. The summed E-state index contributed by atoms with van der Waals surface area (Å²) in [7, 11) is 0. The molecular formula is C32H20N2O. The van der Waals surface area contributed by atoms with Gasteiger partial charge < -0.3 is 13.8 Å². The second-order valence-electron chi connectivity index (χ2n) is 9.12. The average Bonchev–Trinajstić information content (AvgIpc) is 3.57. The average molecular weight is 449 g/mol. The van der Waals surface area contributed by atoms with Gasteiger partial charge in [-0.05, 0) is 59.2 Å². The first-order valence-corrected chi connectivity index (χ1v) is 11.9. The second-order valence-corrected chi connectivity index (χ2v) is 9.12. The Morgan fingerprint density at radius 1 is 0.571 bits per heavy atom. The highest BCUT2D eigenvalue weighted by Gasteiger charge is 2.18. The minimum Gasteiger partial charge on any atom is -0.456 e. The van der Waals surface area contributed by atoms with E-state index in [1.807, 2.05) is 12.1 Å². The maximum absolute atomic E-state index is 6.05. The van der Waals surface area contributed by atoms with Crippen LogP contribution in [0.3, 0.4) is 0 Å². The number of benzene rings is 4. The van der Waals surface area contributed by atoms with E-state index >= 15 is 0 Å². The van der Waals surface area contributed by atoms with E-state index in [2.05, 4.69) is 113 Å². The van der Waals surface area contributed by atoms with Crippen LogP contribution in [0.25, 0.3) is 71.6 Å². The number of H-pyrrole nitrogens is 1. The van der Waals surface area contributed by atoms with Crippen molar-refractivity contribution in [2.75, 3.05) is 0 Å². The molecule has 4 aromatic heterocycles. The summed E-state index contributed by atoms with van der Waals surface area (Å²) in [5, 5.41) is 4.79. The molecule has 0 aliphatic heterocycles. The molecule has 0 saturated heterocycles. The van der Waals surface area contributed by atoms with Crippen LogP contribution >= 0.6 is 0 Å². The van der Waals surface area contributed by atoms with Crippen molar-refractivity contribution in [3.63, 3.8) is 0 Å². The highest BCUT2D eigenvalue weighted by atomic mass is 16.3. The van der Waals surface area contributed by atoms with Gasteiger partial charge in [-0.25, -0.2) is 0 Å². The van der Waals surface area contributed by atoms with Gasteiger partial charge in [0.25, 0.3) is 0 Å². The minimum atomic E-state index is 0.921. The lowest BCUT2D eigenvalue weighted by molar-refractivity contribution is 0.669. The highest BCUT2D eigenvalue weighted by molar-refractivity contribution is 6.20. The third-order valence-electron chi connectivity index (χ3n) is 7.15.